The standard InChI is InChI=1S/C19H16Cl2N8O4/c20-13-3-1-4-14(21)12(13)10-33-16-5-2-6-29-17(15(9-23-28-22)27-18(16)29)19(30)26-11(7-24-31)8-25-32/h1-6,11H,7-10H2,(H,26,30). The first-order valence-electron chi connectivity index (χ1n) is 9.45. The van der Waals surface area contributed by atoms with E-state index >= 15 is 0 Å². The summed E-state index contributed by atoms with van der Waals surface area (Å²) in [7, 11) is 0. The Hall–Kier alpha value is -3.73. The van der Waals surface area contributed by atoms with Gasteiger partial charge in [-0.05, 0) is 29.8 Å². The number of hydrogen-bond donors (Lipinski definition) is 1. The van der Waals surface area contributed by atoms with E-state index in [1.807, 2.05) is 0 Å². The van der Waals surface area contributed by atoms with Gasteiger partial charge in [-0.3, -0.25) is 9.20 Å². The van der Waals surface area contributed by atoms with Crippen LogP contribution in [-0.2, 0) is 13.2 Å². The molecule has 0 saturated heterocycles. The van der Waals surface area contributed by atoms with Crippen molar-refractivity contribution >= 4 is 34.8 Å². The highest BCUT2D eigenvalue weighted by Gasteiger charge is 2.23. The zero-order valence-electron chi connectivity index (χ0n) is 16.9. The maximum absolute atomic E-state index is 13.0. The van der Waals surface area contributed by atoms with Crippen molar-refractivity contribution < 1.29 is 9.53 Å². The molecule has 0 spiro atoms. The molecule has 2 aromatic heterocycles. The Morgan fingerprint density at radius 1 is 1.18 bits per heavy atom. The number of benzene rings is 1. The SMILES string of the molecule is [N-]=[N+]=NCc1nc2c(OCc3c(Cl)cccc3Cl)cccn2c1C(=O)NC(CN=O)CN=O. The number of halogens is 2. The number of nitroso groups, excluding NO2 is 2. The molecule has 0 fully saturated rings. The maximum atomic E-state index is 13.0. The molecule has 0 saturated carbocycles. The first kappa shape index (κ1) is 23.9. The third kappa shape index (κ3) is 5.55. The van der Waals surface area contributed by atoms with Crippen LogP contribution in [0.15, 0.2) is 52.0 Å². The van der Waals surface area contributed by atoms with Crippen LogP contribution >= 0.6 is 23.2 Å². The molecule has 1 N–H and O–H groups in total. The van der Waals surface area contributed by atoms with Gasteiger partial charge in [-0.15, -0.1) is 0 Å². The van der Waals surface area contributed by atoms with E-state index in [2.05, 4.69) is 30.7 Å². The molecule has 2 heterocycles. The minimum Gasteiger partial charge on any atom is -0.485 e. The minimum absolute atomic E-state index is 0.0380. The molecule has 0 bridgehead atoms. The highest BCUT2D eigenvalue weighted by molar-refractivity contribution is 6.35. The molecule has 3 rings (SSSR count). The molecule has 3 aromatic rings. The van der Waals surface area contributed by atoms with Crippen molar-refractivity contribution in [3.05, 3.63) is 83.8 Å². The van der Waals surface area contributed by atoms with Crippen molar-refractivity contribution in [2.75, 3.05) is 13.1 Å². The van der Waals surface area contributed by atoms with Crippen molar-refractivity contribution in [2.24, 2.45) is 15.5 Å². The number of rotatable bonds is 11. The number of nitrogens with zero attached hydrogens (tertiary/aromatic N) is 7. The number of carbonyl (C=O) groups is 1. The van der Waals surface area contributed by atoms with Crippen LogP contribution in [0.25, 0.3) is 16.1 Å². The third-order valence-electron chi connectivity index (χ3n) is 4.54. The van der Waals surface area contributed by atoms with E-state index in [4.69, 9.17) is 33.5 Å². The average molecular weight is 491 g/mol. The topological polar surface area (TPSA) is 163 Å². The first-order chi connectivity index (χ1) is 16.0. The van der Waals surface area contributed by atoms with Gasteiger partial charge < -0.3 is 10.1 Å². The van der Waals surface area contributed by atoms with Crippen LogP contribution in [0.1, 0.15) is 21.7 Å². The quantitative estimate of drug-likeness (QED) is 0.178. The molecule has 0 atom stereocenters. The Kier molecular flexibility index (Phi) is 8.14. The molecule has 1 amide bonds. The van der Waals surface area contributed by atoms with Gasteiger partial charge >= 0.3 is 0 Å². The lowest BCUT2D eigenvalue weighted by Gasteiger charge is -2.13. The lowest BCUT2D eigenvalue weighted by Crippen LogP contribution is -2.40. The predicted molar refractivity (Wildman–Crippen MR) is 121 cm³/mol. The third-order valence-corrected chi connectivity index (χ3v) is 5.25. The number of imidazole rings is 1. The second-order valence-electron chi connectivity index (χ2n) is 6.64. The highest BCUT2D eigenvalue weighted by atomic mass is 35.5. The summed E-state index contributed by atoms with van der Waals surface area (Å²) in [5, 5.41) is 12.3. The zero-order chi connectivity index (χ0) is 23.8. The second-order valence-corrected chi connectivity index (χ2v) is 7.46. The number of carbonyl (C=O) groups excluding carboxylic acids is 1. The van der Waals surface area contributed by atoms with Gasteiger partial charge in [-0.2, -0.15) is 9.81 Å². The summed E-state index contributed by atoms with van der Waals surface area (Å²) in [5.74, 6) is -0.343. The van der Waals surface area contributed by atoms with Crippen molar-refractivity contribution in [3.63, 3.8) is 0 Å². The van der Waals surface area contributed by atoms with E-state index in [-0.39, 0.29) is 43.3 Å². The van der Waals surface area contributed by atoms with Crippen molar-refractivity contribution in [3.8, 4) is 5.75 Å². The van der Waals surface area contributed by atoms with Gasteiger partial charge in [0.15, 0.2) is 11.4 Å². The maximum Gasteiger partial charge on any atom is 0.270 e. The van der Waals surface area contributed by atoms with Crippen LogP contribution < -0.4 is 10.1 Å². The molecular weight excluding hydrogens is 475 g/mol. The largest absolute Gasteiger partial charge is 0.485 e. The fraction of sp³-hybridized carbons (Fsp3) is 0.263. The molecule has 0 aliphatic rings. The van der Waals surface area contributed by atoms with Crippen molar-refractivity contribution in [2.45, 2.75) is 19.2 Å². The van der Waals surface area contributed by atoms with Gasteiger partial charge in [0.25, 0.3) is 5.91 Å². The molecule has 33 heavy (non-hydrogen) atoms. The summed E-state index contributed by atoms with van der Waals surface area (Å²) in [6.07, 6.45) is 1.57. The molecule has 0 aliphatic carbocycles. The van der Waals surface area contributed by atoms with Crippen molar-refractivity contribution in [1.29, 1.82) is 0 Å². The van der Waals surface area contributed by atoms with Gasteiger partial charge in [0.2, 0.25) is 0 Å². The molecule has 170 valence electrons. The number of pyridine rings is 1. The average Bonchev–Trinajstić information content (AvgIpc) is 3.17. The smallest absolute Gasteiger partial charge is 0.270 e. The first-order valence-corrected chi connectivity index (χ1v) is 10.2. The number of ether oxygens (including phenoxy) is 1. The van der Waals surface area contributed by atoms with Crippen LogP contribution in [0, 0.1) is 9.81 Å². The van der Waals surface area contributed by atoms with Crippen LogP contribution in [0.5, 0.6) is 5.75 Å². The second kappa shape index (κ2) is 11.2. The number of azide groups is 1. The summed E-state index contributed by atoms with van der Waals surface area (Å²) >= 11 is 12.4. The Balaban J connectivity index is 1.99. The number of aromatic nitrogens is 2. The molecule has 1 aromatic carbocycles. The van der Waals surface area contributed by atoms with Crippen LogP contribution in [0.2, 0.25) is 10.0 Å². The van der Waals surface area contributed by atoms with Crippen LogP contribution in [0.3, 0.4) is 0 Å². The molecule has 0 aliphatic heterocycles. The Labute approximate surface area is 196 Å². The number of fused-ring (bicyclic) bond motifs is 1. The molecule has 0 unspecified atom stereocenters. The summed E-state index contributed by atoms with van der Waals surface area (Å²) in [6.45, 7) is -0.866. The number of hydrogen-bond acceptors (Lipinski definition) is 8. The normalized spacial score (nSPS) is 10.6. The highest BCUT2D eigenvalue weighted by Crippen LogP contribution is 2.28. The molecule has 0 radical (unpaired) electrons. The van der Waals surface area contributed by atoms with Gasteiger partial charge in [-0.1, -0.05) is 44.7 Å². The van der Waals surface area contributed by atoms with E-state index in [9.17, 15) is 14.6 Å². The summed E-state index contributed by atoms with van der Waals surface area (Å²) in [4.78, 5) is 41.3. The summed E-state index contributed by atoms with van der Waals surface area (Å²) in [6, 6.07) is 7.45. The van der Waals surface area contributed by atoms with E-state index < -0.39 is 11.9 Å². The Morgan fingerprint density at radius 2 is 1.88 bits per heavy atom. The predicted octanol–water partition coefficient (Wildman–Crippen LogP) is 4.66. The monoisotopic (exact) mass is 490 g/mol. The van der Waals surface area contributed by atoms with Gasteiger partial charge in [0, 0.05) is 26.7 Å². The molecular formula is C19H16Cl2N8O4. The van der Waals surface area contributed by atoms with Gasteiger partial charge in [0.05, 0.1) is 18.3 Å². The minimum atomic E-state index is -0.896. The zero-order valence-corrected chi connectivity index (χ0v) is 18.4. The fourth-order valence-electron chi connectivity index (χ4n) is 3.05. The summed E-state index contributed by atoms with van der Waals surface area (Å²) in [5.41, 5.74) is 9.76. The van der Waals surface area contributed by atoms with Crippen LogP contribution in [-0.4, -0.2) is 34.4 Å². The van der Waals surface area contributed by atoms with Crippen molar-refractivity contribution in [1.82, 2.24) is 14.7 Å². The number of nitrogens with one attached hydrogen (secondary N) is 1. The van der Waals surface area contributed by atoms with E-state index in [0.29, 0.717) is 21.4 Å². The van der Waals surface area contributed by atoms with Gasteiger partial charge in [0.1, 0.15) is 25.4 Å². The lowest BCUT2D eigenvalue weighted by atomic mass is 10.2. The Morgan fingerprint density at radius 3 is 2.52 bits per heavy atom. The van der Waals surface area contributed by atoms with Crippen LogP contribution in [0.4, 0.5) is 0 Å². The lowest BCUT2D eigenvalue weighted by molar-refractivity contribution is 0.0932. The van der Waals surface area contributed by atoms with E-state index in [1.54, 1.807) is 36.5 Å². The van der Waals surface area contributed by atoms with Gasteiger partial charge in [-0.25, -0.2) is 4.98 Å². The summed E-state index contributed by atoms with van der Waals surface area (Å²) < 4.78 is 7.32. The number of amides is 1. The Bertz CT molecular complexity index is 1210. The fourth-order valence-corrected chi connectivity index (χ4v) is 3.56. The van der Waals surface area contributed by atoms with E-state index in [1.165, 1.54) is 4.40 Å². The molecule has 14 heteroatoms. The van der Waals surface area contributed by atoms with E-state index in [0.717, 1.165) is 0 Å². The molecule has 12 nitrogen and oxygen atoms in total.